The van der Waals surface area contributed by atoms with Crippen LogP contribution in [-0.2, 0) is 16.1 Å². The molecule has 33 heavy (non-hydrogen) atoms. The summed E-state index contributed by atoms with van der Waals surface area (Å²) >= 11 is 0. The van der Waals surface area contributed by atoms with Crippen LogP contribution >= 0.6 is 0 Å². The molecule has 0 bridgehead atoms. The van der Waals surface area contributed by atoms with Crippen LogP contribution < -0.4 is 16.4 Å². The summed E-state index contributed by atoms with van der Waals surface area (Å²) in [5, 5.41) is 5.98. The van der Waals surface area contributed by atoms with Crippen LogP contribution in [0.3, 0.4) is 0 Å². The van der Waals surface area contributed by atoms with E-state index < -0.39 is 0 Å². The molecule has 2 amide bonds. The number of nitrogens with one attached hydrogen (secondary N) is 2. The molecule has 178 valence electrons. The number of nitrogen functional groups attached to an aromatic ring is 1. The summed E-state index contributed by atoms with van der Waals surface area (Å²) in [6, 6.07) is 17.9. The van der Waals surface area contributed by atoms with Crippen LogP contribution in [0.25, 0.3) is 0 Å². The highest BCUT2D eigenvalue weighted by molar-refractivity contribution is 5.93. The van der Waals surface area contributed by atoms with Crippen molar-refractivity contribution in [2.75, 3.05) is 30.7 Å². The van der Waals surface area contributed by atoms with Crippen LogP contribution in [0.4, 0.5) is 11.4 Å². The Morgan fingerprint density at radius 3 is 2.18 bits per heavy atom. The van der Waals surface area contributed by atoms with Gasteiger partial charge in [0.25, 0.3) is 0 Å². The van der Waals surface area contributed by atoms with E-state index >= 15 is 0 Å². The largest absolute Gasteiger partial charge is 0.397 e. The van der Waals surface area contributed by atoms with Gasteiger partial charge in [-0.3, -0.25) is 14.5 Å². The van der Waals surface area contributed by atoms with Gasteiger partial charge in [-0.15, -0.1) is 0 Å². The van der Waals surface area contributed by atoms with E-state index in [1.54, 1.807) is 12.1 Å². The van der Waals surface area contributed by atoms with Crippen LogP contribution in [0.1, 0.15) is 56.9 Å². The van der Waals surface area contributed by atoms with Crippen molar-refractivity contribution in [2.24, 2.45) is 5.92 Å². The monoisotopic (exact) mass is 450 g/mol. The fraction of sp³-hybridized carbons (Fsp3) is 0.481. The lowest BCUT2D eigenvalue weighted by atomic mass is 9.96. The zero-order valence-corrected chi connectivity index (χ0v) is 19.6. The molecule has 0 radical (unpaired) electrons. The normalized spacial score (nSPS) is 14.7. The van der Waals surface area contributed by atoms with Crippen LogP contribution in [0, 0.1) is 5.92 Å². The Balaban J connectivity index is 1.18. The minimum atomic E-state index is -0.0135. The van der Waals surface area contributed by atoms with Gasteiger partial charge in [-0.25, -0.2) is 0 Å². The minimum Gasteiger partial charge on any atom is -0.397 e. The summed E-state index contributed by atoms with van der Waals surface area (Å²) < 4.78 is 0. The van der Waals surface area contributed by atoms with E-state index in [0.717, 1.165) is 64.7 Å². The van der Waals surface area contributed by atoms with E-state index in [9.17, 15) is 9.59 Å². The van der Waals surface area contributed by atoms with E-state index in [0.29, 0.717) is 30.1 Å². The average Bonchev–Trinajstić information content (AvgIpc) is 2.83. The molecule has 1 aliphatic heterocycles. The molecular weight excluding hydrogens is 412 g/mol. The van der Waals surface area contributed by atoms with Crippen molar-refractivity contribution in [3.8, 4) is 0 Å². The predicted octanol–water partition coefficient (Wildman–Crippen LogP) is 4.58. The van der Waals surface area contributed by atoms with Crippen molar-refractivity contribution < 1.29 is 9.59 Å². The van der Waals surface area contributed by atoms with E-state index in [4.69, 9.17) is 5.73 Å². The first-order chi connectivity index (χ1) is 16.1. The van der Waals surface area contributed by atoms with Gasteiger partial charge in [-0.2, -0.15) is 0 Å². The number of carbonyl (C=O) groups is 2. The number of hydrogen-bond acceptors (Lipinski definition) is 4. The third kappa shape index (κ3) is 9.26. The third-order valence-corrected chi connectivity index (χ3v) is 6.34. The quantitative estimate of drug-likeness (QED) is 0.326. The zero-order chi connectivity index (χ0) is 23.3. The van der Waals surface area contributed by atoms with Crippen molar-refractivity contribution in [1.82, 2.24) is 10.2 Å². The molecule has 0 atom stereocenters. The highest BCUT2D eigenvalue weighted by Crippen LogP contribution is 2.19. The summed E-state index contributed by atoms with van der Waals surface area (Å²) in [6.07, 6.45) is 6.93. The summed E-state index contributed by atoms with van der Waals surface area (Å²) in [5.74, 6) is 0.720. The standard InChI is InChI=1S/C27H38N4O2/c28-24-12-8-9-13-25(24)30-27(33)15-7-2-1-6-14-26(32)29-20-22-16-18-31(19-17-22)21-23-10-4-3-5-11-23/h3-5,8-13,22H,1-2,6-7,14-21,28H2,(H,29,32)(H,30,33). The van der Waals surface area contributed by atoms with E-state index in [1.807, 2.05) is 12.1 Å². The topological polar surface area (TPSA) is 87.5 Å². The first-order valence-electron chi connectivity index (χ1n) is 12.3. The summed E-state index contributed by atoms with van der Waals surface area (Å²) in [4.78, 5) is 26.7. The molecule has 2 aromatic rings. The SMILES string of the molecule is Nc1ccccc1NC(=O)CCCCCCC(=O)NCC1CCN(Cc2ccccc2)CC1. The molecule has 0 saturated carbocycles. The van der Waals surface area contributed by atoms with E-state index in [2.05, 4.69) is 45.9 Å². The van der Waals surface area contributed by atoms with Crippen LogP contribution in [0.15, 0.2) is 54.6 Å². The van der Waals surface area contributed by atoms with E-state index in [-0.39, 0.29) is 11.8 Å². The fourth-order valence-electron chi connectivity index (χ4n) is 4.29. The van der Waals surface area contributed by atoms with Crippen LogP contribution in [0.5, 0.6) is 0 Å². The molecule has 6 heteroatoms. The molecular formula is C27H38N4O2. The Kier molecular flexibility index (Phi) is 10.2. The molecule has 1 saturated heterocycles. The van der Waals surface area contributed by atoms with Crippen molar-refractivity contribution in [1.29, 1.82) is 0 Å². The van der Waals surface area contributed by atoms with Crippen LogP contribution in [-0.4, -0.2) is 36.3 Å². The Labute approximate surface area is 197 Å². The fourth-order valence-corrected chi connectivity index (χ4v) is 4.29. The zero-order valence-electron chi connectivity index (χ0n) is 19.6. The maximum atomic E-state index is 12.2. The first kappa shape index (κ1) is 24.8. The number of unbranched alkanes of at least 4 members (excludes halogenated alkanes) is 3. The number of amides is 2. The smallest absolute Gasteiger partial charge is 0.224 e. The lowest BCUT2D eigenvalue weighted by Crippen LogP contribution is -2.38. The van der Waals surface area contributed by atoms with Crippen molar-refractivity contribution in [2.45, 2.75) is 57.9 Å². The number of rotatable bonds is 12. The second kappa shape index (κ2) is 13.6. The van der Waals surface area contributed by atoms with Crippen LogP contribution in [0.2, 0.25) is 0 Å². The number of likely N-dealkylation sites (tertiary alicyclic amines) is 1. The molecule has 0 aromatic heterocycles. The Morgan fingerprint density at radius 2 is 1.48 bits per heavy atom. The predicted molar refractivity (Wildman–Crippen MR) is 135 cm³/mol. The Morgan fingerprint density at radius 1 is 0.848 bits per heavy atom. The molecule has 3 rings (SSSR count). The number of nitrogens with zero attached hydrogens (tertiary/aromatic N) is 1. The second-order valence-corrected chi connectivity index (χ2v) is 9.06. The average molecular weight is 451 g/mol. The van der Waals surface area contributed by atoms with Gasteiger partial charge in [0.15, 0.2) is 0 Å². The molecule has 6 nitrogen and oxygen atoms in total. The Bertz CT molecular complexity index is 863. The molecule has 2 aromatic carbocycles. The van der Waals surface area contributed by atoms with Gasteiger partial charge < -0.3 is 16.4 Å². The number of para-hydroxylation sites is 2. The minimum absolute atomic E-state index is 0.0135. The summed E-state index contributed by atoms with van der Waals surface area (Å²) in [6.45, 7) is 4.00. The van der Waals surface area contributed by atoms with E-state index in [1.165, 1.54) is 5.56 Å². The van der Waals surface area contributed by atoms with Gasteiger partial charge in [0, 0.05) is 25.9 Å². The number of piperidine rings is 1. The molecule has 4 N–H and O–H groups in total. The summed E-state index contributed by atoms with van der Waals surface area (Å²) in [5.41, 5.74) is 8.46. The first-order valence-corrected chi connectivity index (χ1v) is 12.3. The molecule has 0 unspecified atom stereocenters. The molecule has 1 aliphatic rings. The molecule has 0 spiro atoms. The van der Waals surface area contributed by atoms with Gasteiger partial charge in [0.05, 0.1) is 11.4 Å². The van der Waals surface area contributed by atoms with Gasteiger partial charge in [-0.1, -0.05) is 55.3 Å². The second-order valence-electron chi connectivity index (χ2n) is 9.06. The number of anilines is 2. The number of benzene rings is 2. The molecule has 0 aliphatic carbocycles. The highest BCUT2D eigenvalue weighted by Gasteiger charge is 2.19. The van der Waals surface area contributed by atoms with Gasteiger partial charge in [0.1, 0.15) is 0 Å². The lowest BCUT2D eigenvalue weighted by Gasteiger charge is -2.32. The van der Waals surface area contributed by atoms with Crippen molar-refractivity contribution >= 4 is 23.2 Å². The highest BCUT2D eigenvalue weighted by atomic mass is 16.2. The van der Waals surface area contributed by atoms with Gasteiger partial charge >= 0.3 is 0 Å². The Hall–Kier alpha value is -2.86. The van der Waals surface area contributed by atoms with Crippen molar-refractivity contribution in [3.63, 3.8) is 0 Å². The van der Waals surface area contributed by atoms with Gasteiger partial charge in [0.2, 0.25) is 11.8 Å². The molecule has 1 fully saturated rings. The maximum absolute atomic E-state index is 12.2. The number of hydrogen-bond donors (Lipinski definition) is 3. The summed E-state index contributed by atoms with van der Waals surface area (Å²) in [7, 11) is 0. The number of carbonyl (C=O) groups excluding carboxylic acids is 2. The maximum Gasteiger partial charge on any atom is 0.224 e. The van der Waals surface area contributed by atoms with Crippen molar-refractivity contribution in [3.05, 3.63) is 60.2 Å². The number of nitrogens with two attached hydrogens (primary N) is 1. The third-order valence-electron chi connectivity index (χ3n) is 6.34. The lowest BCUT2D eigenvalue weighted by molar-refractivity contribution is -0.121. The molecule has 1 heterocycles. The van der Waals surface area contributed by atoms with Gasteiger partial charge in [-0.05, 0) is 62.4 Å².